The standard InChI is InChI=1S/C19H15Cl2N3O2/c1-3-26-19(25)18-17(21)14(15(20)9-23-18)7-12-6-13-10(2)4-11(8-22)5-16(13)24-12/h4-6,9,24H,3,7H2,1-2H3. The van der Waals surface area contributed by atoms with Gasteiger partial charge in [-0.15, -0.1) is 0 Å². The number of aryl methyl sites for hydroxylation is 1. The lowest BCUT2D eigenvalue weighted by molar-refractivity contribution is 0.0519. The van der Waals surface area contributed by atoms with E-state index in [9.17, 15) is 4.79 Å². The van der Waals surface area contributed by atoms with Crippen molar-refractivity contribution in [3.63, 3.8) is 0 Å². The van der Waals surface area contributed by atoms with Crippen LogP contribution in [0.5, 0.6) is 0 Å². The molecule has 1 N–H and O–H groups in total. The minimum absolute atomic E-state index is 0.0481. The van der Waals surface area contributed by atoms with Crippen LogP contribution in [0.15, 0.2) is 24.4 Å². The van der Waals surface area contributed by atoms with Crippen LogP contribution in [-0.2, 0) is 11.2 Å². The van der Waals surface area contributed by atoms with Crippen molar-refractivity contribution in [3.05, 3.63) is 62.5 Å². The van der Waals surface area contributed by atoms with Gasteiger partial charge in [0.25, 0.3) is 0 Å². The molecule has 0 unspecified atom stereocenters. The molecule has 0 atom stereocenters. The van der Waals surface area contributed by atoms with Crippen LogP contribution in [0.1, 0.15) is 39.8 Å². The smallest absolute Gasteiger partial charge is 0.358 e. The number of fused-ring (bicyclic) bond motifs is 1. The van der Waals surface area contributed by atoms with Crippen molar-refractivity contribution in [2.75, 3.05) is 6.61 Å². The molecular weight excluding hydrogens is 373 g/mol. The number of pyridine rings is 1. The number of halogens is 2. The summed E-state index contributed by atoms with van der Waals surface area (Å²) in [5.74, 6) is -0.582. The number of H-pyrrole nitrogens is 1. The van der Waals surface area contributed by atoms with Crippen LogP contribution in [0.3, 0.4) is 0 Å². The number of aromatic amines is 1. The summed E-state index contributed by atoms with van der Waals surface area (Å²) < 4.78 is 4.98. The maximum atomic E-state index is 12.0. The first-order chi connectivity index (χ1) is 12.4. The summed E-state index contributed by atoms with van der Waals surface area (Å²) in [6.07, 6.45) is 1.79. The third-order valence-electron chi connectivity index (χ3n) is 4.03. The lowest BCUT2D eigenvalue weighted by Gasteiger charge is -2.09. The van der Waals surface area contributed by atoms with Crippen molar-refractivity contribution in [2.24, 2.45) is 0 Å². The molecule has 0 bridgehead atoms. The molecule has 3 aromatic rings. The first-order valence-electron chi connectivity index (χ1n) is 7.97. The van der Waals surface area contributed by atoms with E-state index in [1.807, 2.05) is 19.1 Å². The van der Waals surface area contributed by atoms with Gasteiger partial charge in [-0.3, -0.25) is 0 Å². The molecule has 0 aliphatic carbocycles. The number of benzene rings is 1. The minimum Gasteiger partial charge on any atom is -0.461 e. The second kappa shape index (κ2) is 7.36. The number of hydrogen-bond acceptors (Lipinski definition) is 4. The van der Waals surface area contributed by atoms with Crippen LogP contribution < -0.4 is 0 Å². The number of esters is 1. The molecular formula is C19H15Cl2N3O2. The summed E-state index contributed by atoms with van der Waals surface area (Å²) in [7, 11) is 0. The van der Waals surface area contributed by atoms with Gasteiger partial charge in [0.15, 0.2) is 5.69 Å². The fourth-order valence-electron chi connectivity index (χ4n) is 2.83. The number of rotatable bonds is 4. The van der Waals surface area contributed by atoms with E-state index < -0.39 is 5.97 Å². The molecule has 132 valence electrons. The van der Waals surface area contributed by atoms with Gasteiger partial charge in [-0.1, -0.05) is 23.2 Å². The lowest BCUT2D eigenvalue weighted by Crippen LogP contribution is -2.09. The quantitative estimate of drug-likeness (QED) is 0.650. The summed E-state index contributed by atoms with van der Waals surface area (Å²) in [6.45, 7) is 3.90. The second-order valence-corrected chi connectivity index (χ2v) is 6.59. The predicted molar refractivity (Wildman–Crippen MR) is 101 cm³/mol. The Labute approximate surface area is 160 Å². The Bertz CT molecular complexity index is 1050. The summed E-state index contributed by atoms with van der Waals surface area (Å²) in [5.41, 5.74) is 3.96. The van der Waals surface area contributed by atoms with Crippen molar-refractivity contribution < 1.29 is 9.53 Å². The van der Waals surface area contributed by atoms with Gasteiger partial charge in [0.1, 0.15) is 0 Å². The molecule has 0 fully saturated rings. The highest BCUT2D eigenvalue weighted by molar-refractivity contribution is 6.37. The Morgan fingerprint density at radius 2 is 2.12 bits per heavy atom. The average molecular weight is 388 g/mol. The SMILES string of the molecule is CCOC(=O)c1ncc(Cl)c(Cc2cc3c(C)cc(C#N)cc3[nH]2)c1Cl. The van der Waals surface area contributed by atoms with Crippen LogP contribution in [0.25, 0.3) is 10.9 Å². The average Bonchev–Trinajstić information content (AvgIpc) is 3.02. The van der Waals surface area contributed by atoms with E-state index in [0.29, 0.717) is 22.6 Å². The lowest BCUT2D eigenvalue weighted by atomic mass is 10.1. The molecule has 0 saturated heterocycles. The van der Waals surface area contributed by atoms with E-state index in [0.717, 1.165) is 22.2 Å². The van der Waals surface area contributed by atoms with Gasteiger partial charge < -0.3 is 9.72 Å². The first-order valence-corrected chi connectivity index (χ1v) is 8.72. The Hall–Kier alpha value is -2.55. The Kier molecular flexibility index (Phi) is 5.17. The number of nitriles is 1. The van der Waals surface area contributed by atoms with E-state index in [2.05, 4.69) is 16.0 Å². The van der Waals surface area contributed by atoms with E-state index in [-0.39, 0.29) is 17.3 Å². The van der Waals surface area contributed by atoms with Gasteiger partial charge in [0.2, 0.25) is 0 Å². The molecule has 2 heterocycles. The topological polar surface area (TPSA) is 78.8 Å². The Morgan fingerprint density at radius 3 is 2.81 bits per heavy atom. The van der Waals surface area contributed by atoms with Crippen LogP contribution in [0.2, 0.25) is 10.0 Å². The maximum absolute atomic E-state index is 12.0. The van der Waals surface area contributed by atoms with Crippen molar-refractivity contribution >= 4 is 40.1 Å². The number of nitrogens with one attached hydrogen (secondary N) is 1. The number of nitrogens with zero attached hydrogens (tertiary/aromatic N) is 2. The number of carbonyl (C=O) groups is 1. The third kappa shape index (κ3) is 3.39. The largest absolute Gasteiger partial charge is 0.461 e. The molecule has 0 spiro atoms. The summed E-state index contributed by atoms with van der Waals surface area (Å²) >= 11 is 12.6. The van der Waals surface area contributed by atoms with Gasteiger partial charge in [-0.25, -0.2) is 9.78 Å². The van der Waals surface area contributed by atoms with Crippen molar-refractivity contribution in [3.8, 4) is 6.07 Å². The van der Waals surface area contributed by atoms with E-state index in [4.69, 9.17) is 33.2 Å². The van der Waals surface area contributed by atoms with Crippen LogP contribution in [-0.4, -0.2) is 22.5 Å². The molecule has 7 heteroatoms. The van der Waals surface area contributed by atoms with E-state index in [1.165, 1.54) is 6.20 Å². The van der Waals surface area contributed by atoms with Gasteiger partial charge >= 0.3 is 5.97 Å². The number of hydrogen-bond donors (Lipinski definition) is 1. The summed E-state index contributed by atoms with van der Waals surface area (Å²) in [5, 5.41) is 10.7. The van der Waals surface area contributed by atoms with Gasteiger partial charge in [-0.05, 0) is 43.2 Å². The van der Waals surface area contributed by atoms with Crippen LogP contribution >= 0.6 is 23.2 Å². The molecule has 2 aromatic heterocycles. The molecule has 0 radical (unpaired) electrons. The molecule has 0 saturated carbocycles. The maximum Gasteiger partial charge on any atom is 0.358 e. The van der Waals surface area contributed by atoms with Crippen LogP contribution in [0.4, 0.5) is 0 Å². The van der Waals surface area contributed by atoms with E-state index >= 15 is 0 Å². The number of ether oxygens (including phenoxy) is 1. The van der Waals surface area contributed by atoms with Gasteiger partial charge in [0.05, 0.1) is 28.3 Å². The van der Waals surface area contributed by atoms with Crippen molar-refractivity contribution in [1.29, 1.82) is 5.26 Å². The Morgan fingerprint density at radius 1 is 1.35 bits per heavy atom. The highest BCUT2D eigenvalue weighted by atomic mass is 35.5. The monoisotopic (exact) mass is 387 g/mol. The number of carbonyl (C=O) groups excluding carboxylic acids is 1. The fraction of sp³-hybridized carbons (Fsp3) is 0.211. The summed E-state index contributed by atoms with van der Waals surface area (Å²) in [4.78, 5) is 19.3. The van der Waals surface area contributed by atoms with Gasteiger partial charge in [0, 0.05) is 29.2 Å². The molecule has 1 aromatic carbocycles. The highest BCUT2D eigenvalue weighted by Gasteiger charge is 2.20. The highest BCUT2D eigenvalue weighted by Crippen LogP contribution is 2.30. The zero-order valence-corrected chi connectivity index (χ0v) is 15.7. The zero-order valence-electron chi connectivity index (χ0n) is 14.2. The zero-order chi connectivity index (χ0) is 18.8. The minimum atomic E-state index is -0.582. The summed E-state index contributed by atoms with van der Waals surface area (Å²) in [6, 6.07) is 7.77. The van der Waals surface area contributed by atoms with Crippen LogP contribution in [0, 0.1) is 18.3 Å². The molecule has 3 rings (SSSR count). The second-order valence-electron chi connectivity index (χ2n) is 5.81. The first kappa shape index (κ1) is 18.2. The van der Waals surface area contributed by atoms with Crippen molar-refractivity contribution in [1.82, 2.24) is 9.97 Å². The van der Waals surface area contributed by atoms with Crippen molar-refractivity contribution in [2.45, 2.75) is 20.3 Å². The molecule has 0 aliphatic rings. The van der Waals surface area contributed by atoms with E-state index in [1.54, 1.807) is 13.0 Å². The molecule has 0 aliphatic heterocycles. The van der Waals surface area contributed by atoms with Gasteiger partial charge in [-0.2, -0.15) is 5.26 Å². The Balaban J connectivity index is 2.02. The molecule has 5 nitrogen and oxygen atoms in total. The number of aromatic nitrogens is 2. The third-order valence-corrected chi connectivity index (χ3v) is 4.77. The normalized spacial score (nSPS) is 10.7. The fourth-order valence-corrected chi connectivity index (χ4v) is 3.39. The predicted octanol–water partition coefficient (Wildman–Crippen LogP) is 4.82. The molecule has 26 heavy (non-hydrogen) atoms. The molecule has 0 amide bonds.